The molecule has 4 N–H and O–H groups in total. The fourth-order valence-corrected chi connectivity index (χ4v) is 2.49. The zero-order chi connectivity index (χ0) is 15.2. The van der Waals surface area contributed by atoms with Crippen LogP contribution in [0.5, 0.6) is 0 Å². The molecular weight excluding hydrogens is 264 g/mol. The van der Waals surface area contributed by atoms with E-state index in [4.69, 9.17) is 10.2 Å². The zero-order valence-corrected chi connectivity index (χ0v) is 11.8. The Kier molecular flexibility index (Phi) is 6.22. The first-order valence-corrected chi connectivity index (χ1v) is 6.95. The van der Waals surface area contributed by atoms with Crippen molar-refractivity contribution >= 4 is 12.0 Å². The summed E-state index contributed by atoms with van der Waals surface area (Å²) in [4.78, 5) is 24.3. The minimum atomic E-state index is -1.46. The lowest BCUT2D eigenvalue weighted by atomic mass is 10.0. The Bertz CT molecular complexity index is 346. The van der Waals surface area contributed by atoms with Crippen LogP contribution >= 0.6 is 0 Å². The summed E-state index contributed by atoms with van der Waals surface area (Å²) in [7, 11) is 0. The average molecular weight is 288 g/mol. The molecule has 0 aromatic rings. The maximum Gasteiger partial charge on any atom is 0.317 e. The molecule has 1 aliphatic rings. The number of hydrogen-bond acceptors (Lipinski definition) is 4. The number of hydrogen-bond donors (Lipinski definition) is 4. The summed E-state index contributed by atoms with van der Waals surface area (Å²) >= 11 is 0. The number of aliphatic carboxylic acids is 1. The molecule has 1 fully saturated rings. The molecule has 0 saturated carbocycles. The van der Waals surface area contributed by atoms with Crippen LogP contribution in [-0.4, -0.2) is 63.6 Å². The van der Waals surface area contributed by atoms with Crippen LogP contribution in [-0.2, 0) is 4.79 Å². The van der Waals surface area contributed by atoms with E-state index in [1.807, 2.05) is 0 Å². The summed E-state index contributed by atoms with van der Waals surface area (Å²) in [6, 6.07) is -0.164. The average Bonchev–Trinajstić information content (AvgIpc) is 2.80. The molecule has 0 aromatic carbocycles. The number of amides is 2. The molecule has 0 aliphatic carbocycles. The first-order valence-electron chi connectivity index (χ1n) is 6.95. The highest BCUT2D eigenvalue weighted by atomic mass is 16.4. The molecule has 0 radical (unpaired) electrons. The number of urea groups is 1. The van der Waals surface area contributed by atoms with Gasteiger partial charge in [-0.3, -0.25) is 4.79 Å². The van der Waals surface area contributed by atoms with Gasteiger partial charge in [0, 0.05) is 25.7 Å². The van der Waals surface area contributed by atoms with Crippen molar-refractivity contribution in [1.82, 2.24) is 10.2 Å². The number of rotatable bonds is 7. The van der Waals surface area contributed by atoms with Gasteiger partial charge >= 0.3 is 12.0 Å². The minimum Gasteiger partial charge on any atom is -0.481 e. The van der Waals surface area contributed by atoms with E-state index in [-0.39, 0.29) is 25.2 Å². The third-order valence-corrected chi connectivity index (χ3v) is 3.49. The van der Waals surface area contributed by atoms with Crippen LogP contribution in [0.15, 0.2) is 0 Å². The van der Waals surface area contributed by atoms with Crippen molar-refractivity contribution in [3.63, 3.8) is 0 Å². The SMILES string of the molecule is CC(O)(CNC(=O)N1CCCC1CCCO)CC(=O)O. The molecule has 0 spiro atoms. The zero-order valence-electron chi connectivity index (χ0n) is 11.8. The van der Waals surface area contributed by atoms with Gasteiger partial charge in [-0.05, 0) is 32.6 Å². The molecule has 1 rings (SSSR count). The van der Waals surface area contributed by atoms with Gasteiger partial charge < -0.3 is 25.5 Å². The molecule has 2 amide bonds. The fraction of sp³-hybridized carbons (Fsp3) is 0.846. The lowest BCUT2D eigenvalue weighted by Gasteiger charge is -2.27. The Morgan fingerprint density at radius 2 is 2.15 bits per heavy atom. The quantitative estimate of drug-likeness (QED) is 0.533. The summed E-state index contributed by atoms with van der Waals surface area (Å²) in [5.74, 6) is -1.11. The van der Waals surface area contributed by atoms with E-state index < -0.39 is 18.0 Å². The first-order chi connectivity index (χ1) is 9.35. The smallest absolute Gasteiger partial charge is 0.317 e. The molecular formula is C13H24N2O5. The van der Waals surface area contributed by atoms with Crippen molar-refractivity contribution in [2.45, 2.75) is 50.7 Å². The first kappa shape index (κ1) is 16.7. The monoisotopic (exact) mass is 288 g/mol. The predicted octanol–water partition coefficient (Wildman–Crippen LogP) is 0.159. The van der Waals surface area contributed by atoms with Crippen LogP contribution in [0.3, 0.4) is 0 Å². The van der Waals surface area contributed by atoms with Crippen LogP contribution in [0.4, 0.5) is 4.79 Å². The van der Waals surface area contributed by atoms with Crippen molar-refractivity contribution in [2.75, 3.05) is 19.7 Å². The Balaban J connectivity index is 2.43. The maximum absolute atomic E-state index is 12.0. The summed E-state index contributed by atoms with van der Waals surface area (Å²) < 4.78 is 0. The number of nitrogens with one attached hydrogen (secondary N) is 1. The number of aliphatic hydroxyl groups is 2. The Labute approximate surface area is 118 Å². The summed E-state index contributed by atoms with van der Waals surface area (Å²) in [6.45, 7) is 2.05. The van der Waals surface area contributed by atoms with Crippen molar-refractivity contribution in [3.8, 4) is 0 Å². The Morgan fingerprint density at radius 3 is 2.75 bits per heavy atom. The second-order valence-corrected chi connectivity index (χ2v) is 5.58. The third-order valence-electron chi connectivity index (χ3n) is 3.49. The third kappa shape index (κ3) is 5.34. The summed E-state index contributed by atoms with van der Waals surface area (Å²) in [5, 5.41) is 29.9. The van der Waals surface area contributed by atoms with Gasteiger partial charge in [0.25, 0.3) is 0 Å². The van der Waals surface area contributed by atoms with Gasteiger partial charge in [0.05, 0.1) is 12.0 Å². The van der Waals surface area contributed by atoms with Gasteiger partial charge in [-0.1, -0.05) is 0 Å². The van der Waals surface area contributed by atoms with Crippen LogP contribution in [0.1, 0.15) is 39.0 Å². The molecule has 1 heterocycles. The van der Waals surface area contributed by atoms with Crippen LogP contribution in [0.2, 0.25) is 0 Å². The lowest BCUT2D eigenvalue weighted by molar-refractivity contribution is -0.141. The lowest BCUT2D eigenvalue weighted by Crippen LogP contribution is -2.48. The van der Waals surface area contributed by atoms with Crippen LogP contribution < -0.4 is 5.32 Å². The Morgan fingerprint density at radius 1 is 1.45 bits per heavy atom. The Hall–Kier alpha value is -1.34. The molecule has 1 aliphatic heterocycles. The van der Waals surface area contributed by atoms with E-state index in [0.29, 0.717) is 13.0 Å². The molecule has 2 unspecified atom stereocenters. The van der Waals surface area contributed by atoms with Gasteiger partial charge in [-0.15, -0.1) is 0 Å². The fourth-order valence-electron chi connectivity index (χ4n) is 2.49. The second-order valence-electron chi connectivity index (χ2n) is 5.58. The number of likely N-dealkylation sites (tertiary alicyclic amines) is 1. The van der Waals surface area contributed by atoms with E-state index in [2.05, 4.69) is 5.32 Å². The van der Waals surface area contributed by atoms with E-state index in [1.165, 1.54) is 6.92 Å². The molecule has 0 bridgehead atoms. The molecule has 1 saturated heterocycles. The number of carboxylic acids is 1. The normalized spacial score (nSPS) is 21.6. The van der Waals surface area contributed by atoms with Crippen molar-refractivity contribution in [2.24, 2.45) is 0 Å². The highest BCUT2D eigenvalue weighted by molar-refractivity contribution is 5.75. The van der Waals surface area contributed by atoms with Gasteiger partial charge in [0.2, 0.25) is 0 Å². The number of nitrogens with zero attached hydrogens (tertiary/aromatic N) is 1. The largest absolute Gasteiger partial charge is 0.481 e. The second kappa shape index (κ2) is 7.44. The molecule has 116 valence electrons. The van der Waals surface area contributed by atoms with E-state index in [9.17, 15) is 14.7 Å². The van der Waals surface area contributed by atoms with Gasteiger partial charge in [0.1, 0.15) is 0 Å². The summed E-state index contributed by atoms with van der Waals surface area (Å²) in [5.41, 5.74) is -1.46. The van der Waals surface area contributed by atoms with Crippen molar-refractivity contribution in [3.05, 3.63) is 0 Å². The molecule has 0 aromatic heterocycles. The van der Waals surface area contributed by atoms with Gasteiger partial charge in [0.15, 0.2) is 0 Å². The van der Waals surface area contributed by atoms with Gasteiger partial charge in [-0.25, -0.2) is 4.79 Å². The van der Waals surface area contributed by atoms with E-state index in [1.54, 1.807) is 4.90 Å². The van der Waals surface area contributed by atoms with Crippen LogP contribution in [0.25, 0.3) is 0 Å². The number of carbonyl (C=O) groups is 2. The maximum atomic E-state index is 12.0. The van der Waals surface area contributed by atoms with E-state index in [0.717, 1.165) is 19.3 Å². The van der Waals surface area contributed by atoms with Gasteiger partial charge in [-0.2, -0.15) is 0 Å². The minimum absolute atomic E-state index is 0.0959. The topological polar surface area (TPSA) is 110 Å². The molecule has 20 heavy (non-hydrogen) atoms. The molecule has 2 atom stereocenters. The van der Waals surface area contributed by atoms with Crippen molar-refractivity contribution in [1.29, 1.82) is 0 Å². The number of carbonyl (C=O) groups excluding carboxylic acids is 1. The standard InChI is InChI=1S/C13H24N2O5/c1-13(20,8-11(17)18)9-14-12(19)15-6-2-4-10(15)5-3-7-16/h10,16,20H,2-9H2,1H3,(H,14,19)(H,17,18). The predicted molar refractivity (Wildman–Crippen MR) is 72.3 cm³/mol. The highest BCUT2D eigenvalue weighted by Gasteiger charge is 2.30. The van der Waals surface area contributed by atoms with Crippen molar-refractivity contribution < 1.29 is 24.9 Å². The van der Waals surface area contributed by atoms with E-state index >= 15 is 0 Å². The number of aliphatic hydroxyl groups excluding tert-OH is 1. The number of carboxylic acid groups (broad SMARTS) is 1. The molecule has 7 heteroatoms. The highest BCUT2D eigenvalue weighted by Crippen LogP contribution is 2.21. The molecule has 7 nitrogen and oxygen atoms in total. The summed E-state index contributed by atoms with van der Waals surface area (Å²) in [6.07, 6.45) is 2.84. The van der Waals surface area contributed by atoms with Crippen LogP contribution in [0, 0.1) is 0 Å².